The predicted octanol–water partition coefficient (Wildman–Crippen LogP) is 3.27. The van der Waals surface area contributed by atoms with Gasteiger partial charge < -0.3 is 0 Å². The van der Waals surface area contributed by atoms with Crippen LogP contribution in [0.15, 0.2) is 18.2 Å². The van der Waals surface area contributed by atoms with Gasteiger partial charge in [-0.1, -0.05) is 19.1 Å². The van der Waals surface area contributed by atoms with Crippen LogP contribution in [0.1, 0.15) is 36.8 Å². The van der Waals surface area contributed by atoms with E-state index < -0.39 is 0 Å². The van der Waals surface area contributed by atoms with Crippen LogP contribution < -0.4 is 0 Å². The van der Waals surface area contributed by atoms with E-state index >= 15 is 0 Å². The Morgan fingerprint density at radius 3 is 2.67 bits per heavy atom. The average Bonchev–Trinajstić information content (AvgIpc) is 2.86. The van der Waals surface area contributed by atoms with Gasteiger partial charge in [-0.3, -0.25) is 0 Å². The van der Waals surface area contributed by atoms with Gasteiger partial charge in [-0.25, -0.2) is 4.39 Å². The molecule has 12 heavy (non-hydrogen) atoms. The fourth-order valence-electron chi connectivity index (χ4n) is 1.52. The Labute approximate surface area is 72.4 Å². The monoisotopic (exact) mass is 164 g/mol. The largest absolute Gasteiger partial charge is 0.207 e. The van der Waals surface area contributed by atoms with Crippen molar-refractivity contribution < 1.29 is 4.39 Å². The molecule has 0 unspecified atom stereocenters. The van der Waals surface area contributed by atoms with Crippen molar-refractivity contribution in [2.24, 2.45) is 0 Å². The molecule has 0 heterocycles. The lowest BCUT2D eigenvalue weighted by molar-refractivity contribution is 0.610. The van der Waals surface area contributed by atoms with E-state index in [-0.39, 0.29) is 5.82 Å². The smallest absolute Gasteiger partial charge is 0.126 e. The third kappa shape index (κ3) is 1.36. The van der Waals surface area contributed by atoms with E-state index in [1.807, 2.05) is 13.0 Å². The molecular weight excluding hydrogens is 151 g/mol. The molecule has 0 N–H and O–H groups in total. The first-order chi connectivity index (χ1) is 5.81. The SMILES string of the molecule is CCc1ccc(C2CC2)cc1F. The van der Waals surface area contributed by atoms with Gasteiger partial charge in [0.2, 0.25) is 0 Å². The second-order valence-corrected chi connectivity index (χ2v) is 3.48. The Bertz CT molecular complexity index is 287. The molecule has 1 aliphatic rings. The van der Waals surface area contributed by atoms with E-state index in [0.29, 0.717) is 5.92 Å². The molecule has 0 aromatic heterocycles. The second kappa shape index (κ2) is 2.89. The molecule has 0 aliphatic heterocycles. The maximum atomic E-state index is 13.2. The van der Waals surface area contributed by atoms with Crippen LogP contribution in [0.4, 0.5) is 4.39 Å². The third-order valence-corrected chi connectivity index (χ3v) is 2.51. The number of benzene rings is 1. The predicted molar refractivity (Wildman–Crippen MR) is 47.8 cm³/mol. The Kier molecular flexibility index (Phi) is 1.87. The van der Waals surface area contributed by atoms with Crippen LogP contribution in [0.5, 0.6) is 0 Å². The van der Waals surface area contributed by atoms with Gasteiger partial charge in [0.15, 0.2) is 0 Å². The summed E-state index contributed by atoms with van der Waals surface area (Å²) in [5.41, 5.74) is 2.02. The molecule has 1 aromatic carbocycles. The summed E-state index contributed by atoms with van der Waals surface area (Å²) in [4.78, 5) is 0. The minimum atomic E-state index is -0.0260. The zero-order valence-electron chi connectivity index (χ0n) is 7.31. The molecule has 1 fully saturated rings. The molecule has 1 aromatic rings. The fraction of sp³-hybridized carbons (Fsp3) is 0.455. The van der Waals surface area contributed by atoms with Gasteiger partial charge >= 0.3 is 0 Å². The summed E-state index contributed by atoms with van der Waals surface area (Å²) in [5.74, 6) is 0.632. The minimum Gasteiger partial charge on any atom is -0.207 e. The quantitative estimate of drug-likeness (QED) is 0.629. The highest BCUT2D eigenvalue weighted by Crippen LogP contribution is 2.40. The highest BCUT2D eigenvalue weighted by molar-refractivity contribution is 5.29. The van der Waals surface area contributed by atoms with Gasteiger partial charge in [-0.05, 0) is 42.4 Å². The molecule has 64 valence electrons. The van der Waals surface area contributed by atoms with Gasteiger partial charge in [0.05, 0.1) is 0 Å². The van der Waals surface area contributed by atoms with E-state index in [2.05, 4.69) is 6.07 Å². The van der Waals surface area contributed by atoms with Gasteiger partial charge in [0.25, 0.3) is 0 Å². The van der Waals surface area contributed by atoms with E-state index in [0.717, 1.165) is 12.0 Å². The maximum Gasteiger partial charge on any atom is 0.126 e. The molecule has 0 amide bonds. The molecular formula is C11H13F. The van der Waals surface area contributed by atoms with Crippen LogP contribution >= 0.6 is 0 Å². The van der Waals surface area contributed by atoms with Crippen molar-refractivity contribution in [3.8, 4) is 0 Å². The molecule has 0 bridgehead atoms. The number of aryl methyl sites for hydroxylation is 1. The maximum absolute atomic E-state index is 13.2. The summed E-state index contributed by atoms with van der Waals surface area (Å²) >= 11 is 0. The zero-order valence-corrected chi connectivity index (χ0v) is 7.31. The molecule has 0 spiro atoms. The van der Waals surface area contributed by atoms with Crippen molar-refractivity contribution in [2.75, 3.05) is 0 Å². The van der Waals surface area contributed by atoms with Crippen molar-refractivity contribution in [1.82, 2.24) is 0 Å². The first-order valence-corrected chi connectivity index (χ1v) is 4.59. The number of hydrogen-bond acceptors (Lipinski definition) is 0. The van der Waals surface area contributed by atoms with Crippen molar-refractivity contribution in [2.45, 2.75) is 32.1 Å². The Morgan fingerprint density at radius 2 is 2.17 bits per heavy atom. The van der Waals surface area contributed by atoms with E-state index in [1.165, 1.54) is 18.4 Å². The normalized spacial score (nSPS) is 16.5. The van der Waals surface area contributed by atoms with Crippen molar-refractivity contribution >= 4 is 0 Å². The van der Waals surface area contributed by atoms with E-state index in [9.17, 15) is 4.39 Å². The highest BCUT2D eigenvalue weighted by atomic mass is 19.1. The van der Waals surface area contributed by atoms with Crippen LogP contribution in [0, 0.1) is 5.82 Å². The molecule has 0 saturated heterocycles. The summed E-state index contributed by atoms with van der Waals surface area (Å²) in [5, 5.41) is 0. The summed E-state index contributed by atoms with van der Waals surface area (Å²) in [7, 11) is 0. The van der Waals surface area contributed by atoms with Crippen LogP contribution in [-0.4, -0.2) is 0 Å². The first kappa shape index (κ1) is 7.78. The highest BCUT2D eigenvalue weighted by Gasteiger charge is 2.23. The van der Waals surface area contributed by atoms with Crippen LogP contribution in [0.3, 0.4) is 0 Å². The molecule has 0 atom stereocenters. The summed E-state index contributed by atoms with van der Waals surface area (Å²) in [6.07, 6.45) is 3.27. The lowest BCUT2D eigenvalue weighted by Crippen LogP contribution is -1.89. The standard InChI is InChI=1S/C11H13F/c1-2-8-3-6-10(7-11(8)12)9-4-5-9/h3,6-7,9H,2,4-5H2,1H3. The molecule has 0 radical (unpaired) electrons. The van der Waals surface area contributed by atoms with E-state index in [4.69, 9.17) is 0 Å². The fourth-order valence-corrected chi connectivity index (χ4v) is 1.52. The Balaban J connectivity index is 2.30. The summed E-state index contributed by atoms with van der Waals surface area (Å²) < 4.78 is 13.2. The van der Waals surface area contributed by atoms with Crippen molar-refractivity contribution in [3.05, 3.63) is 35.1 Å². The molecule has 1 saturated carbocycles. The van der Waals surface area contributed by atoms with E-state index in [1.54, 1.807) is 6.07 Å². The summed E-state index contributed by atoms with van der Waals surface area (Å²) in [6, 6.07) is 5.69. The van der Waals surface area contributed by atoms with Crippen LogP contribution in [-0.2, 0) is 6.42 Å². The second-order valence-electron chi connectivity index (χ2n) is 3.48. The van der Waals surface area contributed by atoms with Gasteiger partial charge in [-0.2, -0.15) is 0 Å². The lowest BCUT2D eigenvalue weighted by atomic mass is 10.1. The molecule has 1 aliphatic carbocycles. The van der Waals surface area contributed by atoms with Gasteiger partial charge in [-0.15, -0.1) is 0 Å². The average molecular weight is 164 g/mol. The molecule has 2 rings (SSSR count). The van der Waals surface area contributed by atoms with Crippen LogP contribution in [0.2, 0.25) is 0 Å². The lowest BCUT2D eigenvalue weighted by Gasteiger charge is -2.02. The number of rotatable bonds is 2. The number of halogens is 1. The third-order valence-electron chi connectivity index (χ3n) is 2.51. The Morgan fingerprint density at radius 1 is 1.42 bits per heavy atom. The molecule has 0 nitrogen and oxygen atoms in total. The molecule has 1 heteroatoms. The van der Waals surface area contributed by atoms with Gasteiger partial charge in [0.1, 0.15) is 5.82 Å². The Hall–Kier alpha value is -0.850. The van der Waals surface area contributed by atoms with Crippen molar-refractivity contribution in [1.29, 1.82) is 0 Å². The topological polar surface area (TPSA) is 0 Å². The van der Waals surface area contributed by atoms with Crippen LogP contribution in [0.25, 0.3) is 0 Å². The minimum absolute atomic E-state index is 0.0260. The zero-order chi connectivity index (χ0) is 8.55. The number of hydrogen-bond donors (Lipinski definition) is 0. The first-order valence-electron chi connectivity index (χ1n) is 4.59. The van der Waals surface area contributed by atoms with Gasteiger partial charge in [0, 0.05) is 0 Å². The van der Waals surface area contributed by atoms with Crippen molar-refractivity contribution in [3.63, 3.8) is 0 Å². The summed E-state index contributed by atoms with van der Waals surface area (Å²) in [6.45, 7) is 1.98.